The minimum absolute atomic E-state index is 0. The van der Waals surface area contributed by atoms with Gasteiger partial charge >= 0.3 is 0 Å². The Morgan fingerprint density at radius 2 is 2.00 bits per heavy atom. The van der Waals surface area contributed by atoms with Gasteiger partial charge in [0.15, 0.2) is 5.96 Å². The summed E-state index contributed by atoms with van der Waals surface area (Å²) in [4.78, 5) is 4.32. The average Bonchev–Trinajstić information content (AvgIpc) is 3.02. The van der Waals surface area contributed by atoms with Crippen molar-refractivity contribution in [2.45, 2.75) is 65.8 Å². The standard InChI is InChI=1S/C17H34N6.HI/c1-5-8-10-15(9-6-2)13-20-17(18-4)19-11-12-23-14-21-22-16(23)7-3;/h14-15H,5-13H2,1-4H3,(H2,18,19,20);1H. The third-order valence-corrected chi connectivity index (χ3v) is 4.10. The molecular formula is C17H35IN6. The summed E-state index contributed by atoms with van der Waals surface area (Å²) >= 11 is 0. The maximum absolute atomic E-state index is 4.32. The second-order valence-corrected chi connectivity index (χ2v) is 5.97. The second-order valence-electron chi connectivity index (χ2n) is 5.97. The fraction of sp³-hybridized carbons (Fsp3) is 0.824. The zero-order chi connectivity index (χ0) is 16.9. The number of nitrogens with zero attached hydrogens (tertiary/aromatic N) is 4. The number of guanidine groups is 1. The molecule has 1 unspecified atom stereocenters. The van der Waals surface area contributed by atoms with Gasteiger partial charge in [0.05, 0.1) is 0 Å². The van der Waals surface area contributed by atoms with E-state index in [-0.39, 0.29) is 24.0 Å². The van der Waals surface area contributed by atoms with Crippen LogP contribution in [0.1, 0.15) is 58.7 Å². The number of unbranched alkanes of at least 4 members (excludes halogenated alkanes) is 1. The predicted molar refractivity (Wildman–Crippen MR) is 112 cm³/mol. The lowest BCUT2D eigenvalue weighted by Crippen LogP contribution is -2.41. The van der Waals surface area contributed by atoms with E-state index in [2.05, 4.69) is 51.2 Å². The number of aromatic nitrogens is 3. The molecule has 2 N–H and O–H groups in total. The van der Waals surface area contributed by atoms with Crippen LogP contribution in [-0.4, -0.2) is 40.9 Å². The zero-order valence-corrected chi connectivity index (χ0v) is 18.0. The van der Waals surface area contributed by atoms with Crippen LogP contribution in [0.2, 0.25) is 0 Å². The first-order valence-electron chi connectivity index (χ1n) is 9.06. The summed E-state index contributed by atoms with van der Waals surface area (Å²) in [5, 5.41) is 14.9. The number of halogens is 1. The highest BCUT2D eigenvalue weighted by Gasteiger charge is 2.08. The molecule has 0 aliphatic rings. The van der Waals surface area contributed by atoms with Crippen molar-refractivity contribution in [1.29, 1.82) is 0 Å². The van der Waals surface area contributed by atoms with Gasteiger partial charge in [0.2, 0.25) is 0 Å². The Balaban J connectivity index is 0.00000529. The van der Waals surface area contributed by atoms with E-state index in [1.807, 2.05) is 7.05 Å². The van der Waals surface area contributed by atoms with E-state index in [1.165, 1.54) is 32.1 Å². The third-order valence-electron chi connectivity index (χ3n) is 4.10. The summed E-state index contributed by atoms with van der Waals surface area (Å²) in [5.41, 5.74) is 0. The topological polar surface area (TPSA) is 67.1 Å². The van der Waals surface area contributed by atoms with Crippen LogP contribution in [0.25, 0.3) is 0 Å². The minimum atomic E-state index is 0. The molecule has 0 bridgehead atoms. The number of rotatable bonds is 11. The van der Waals surface area contributed by atoms with Crippen molar-refractivity contribution in [3.8, 4) is 0 Å². The van der Waals surface area contributed by atoms with E-state index in [1.54, 1.807) is 6.33 Å². The van der Waals surface area contributed by atoms with Crippen LogP contribution >= 0.6 is 24.0 Å². The molecule has 7 heteroatoms. The molecule has 1 aromatic heterocycles. The van der Waals surface area contributed by atoms with Gasteiger partial charge in [-0.25, -0.2) is 0 Å². The first-order chi connectivity index (χ1) is 11.2. The van der Waals surface area contributed by atoms with E-state index >= 15 is 0 Å². The maximum atomic E-state index is 4.32. The molecule has 0 aliphatic carbocycles. The lowest BCUT2D eigenvalue weighted by atomic mass is 9.97. The molecule has 140 valence electrons. The van der Waals surface area contributed by atoms with Crippen LogP contribution in [0.5, 0.6) is 0 Å². The Morgan fingerprint density at radius 3 is 2.62 bits per heavy atom. The number of aryl methyl sites for hydroxylation is 1. The number of nitrogens with one attached hydrogen (secondary N) is 2. The van der Waals surface area contributed by atoms with Crippen molar-refractivity contribution >= 4 is 29.9 Å². The van der Waals surface area contributed by atoms with E-state index in [0.717, 1.165) is 43.8 Å². The van der Waals surface area contributed by atoms with Crippen LogP contribution in [-0.2, 0) is 13.0 Å². The SMILES string of the molecule is CCCCC(CCC)CNC(=NC)NCCn1cnnc1CC.I. The molecule has 24 heavy (non-hydrogen) atoms. The average molecular weight is 450 g/mol. The van der Waals surface area contributed by atoms with Gasteiger partial charge in [0.1, 0.15) is 12.2 Å². The molecule has 0 aromatic carbocycles. The van der Waals surface area contributed by atoms with E-state index < -0.39 is 0 Å². The second kappa shape index (κ2) is 14.5. The molecule has 0 aliphatic heterocycles. The quantitative estimate of drug-likeness (QED) is 0.309. The number of aliphatic imine (C=N–C) groups is 1. The van der Waals surface area contributed by atoms with Crippen LogP contribution in [0.3, 0.4) is 0 Å². The molecule has 0 saturated carbocycles. The van der Waals surface area contributed by atoms with E-state index in [4.69, 9.17) is 0 Å². The molecule has 0 spiro atoms. The van der Waals surface area contributed by atoms with Crippen molar-refractivity contribution in [2.24, 2.45) is 10.9 Å². The summed E-state index contributed by atoms with van der Waals surface area (Å²) in [6, 6.07) is 0. The van der Waals surface area contributed by atoms with E-state index in [0.29, 0.717) is 0 Å². The van der Waals surface area contributed by atoms with Crippen molar-refractivity contribution in [1.82, 2.24) is 25.4 Å². The molecule has 0 radical (unpaired) electrons. The van der Waals surface area contributed by atoms with Gasteiger partial charge in [-0.1, -0.05) is 40.0 Å². The fourth-order valence-electron chi connectivity index (χ4n) is 2.75. The summed E-state index contributed by atoms with van der Waals surface area (Å²) in [7, 11) is 1.83. The molecule has 0 fully saturated rings. The third kappa shape index (κ3) is 8.84. The van der Waals surface area contributed by atoms with E-state index in [9.17, 15) is 0 Å². The molecular weight excluding hydrogens is 415 g/mol. The van der Waals surface area contributed by atoms with Gasteiger partial charge in [0.25, 0.3) is 0 Å². The summed E-state index contributed by atoms with van der Waals surface area (Å²) < 4.78 is 2.08. The number of hydrogen-bond donors (Lipinski definition) is 2. The van der Waals surface area contributed by atoms with Crippen molar-refractivity contribution in [3.63, 3.8) is 0 Å². The normalized spacial score (nSPS) is 12.6. The van der Waals surface area contributed by atoms with Crippen LogP contribution in [0.15, 0.2) is 11.3 Å². The van der Waals surface area contributed by atoms with Crippen molar-refractivity contribution in [3.05, 3.63) is 12.2 Å². The van der Waals surface area contributed by atoms with Crippen molar-refractivity contribution in [2.75, 3.05) is 20.1 Å². The predicted octanol–water partition coefficient (Wildman–Crippen LogP) is 3.23. The maximum Gasteiger partial charge on any atom is 0.191 e. The highest BCUT2D eigenvalue weighted by molar-refractivity contribution is 14.0. The molecule has 0 amide bonds. The molecule has 1 heterocycles. The Bertz CT molecular complexity index is 446. The Morgan fingerprint density at radius 1 is 1.21 bits per heavy atom. The largest absolute Gasteiger partial charge is 0.356 e. The minimum Gasteiger partial charge on any atom is -0.356 e. The lowest BCUT2D eigenvalue weighted by Gasteiger charge is -2.19. The number of hydrogen-bond acceptors (Lipinski definition) is 3. The first kappa shape index (κ1) is 23.1. The highest BCUT2D eigenvalue weighted by atomic mass is 127. The lowest BCUT2D eigenvalue weighted by molar-refractivity contribution is 0.423. The van der Waals surface area contributed by atoms with Crippen molar-refractivity contribution < 1.29 is 0 Å². The Labute approximate surface area is 164 Å². The monoisotopic (exact) mass is 450 g/mol. The smallest absolute Gasteiger partial charge is 0.191 e. The summed E-state index contributed by atoms with van der Waals surface area (Å²) in [6.07, 6.45) is 9.11. The van der Waals surface area contributed by atoms with Gasteiger partial charge in [0, 0.05) is 33.1 Å². The van der Waals surface area contributed by atoms with Gasteiger partial charge in [-0.15, -0.1) is 34.2 Å². The highest BCUT2D eigenvalue weighted by Crippen LogP contribution is 2.13. The van der Waals surface area contributed by atoms with Gasteiger partial charge in [-0.2, -0.15) is 0 Å². The first-order valence-corrected chi connectivity index (χ1v) is 9.06. The Kier molecular flexibility index (Phi) is 14.0. The zero-order valence-electron chi connectivity index (χ0n) is 15.7. The molecule has 1 aromatic rings. The summed E-state index contributed by atoms with van der Waals surface area (Å²) in [6.45, 7) is 9.28. The van der Waals surface area contributed by atoms with Crippen LogP contribution in [0, 0.1) is 5.92 Å². The molecule has 1 atom stereocenters. The van der Waals surface area contributed by atoms with Gasteiger partial charge in [-0.3, -0.25) is 4.99 Å². The van der Waals surface area contributed by atoms with Crippen LogP contribution in [0.4, 0.5) is 0 Å². The molecule has 1 rings (SSSR count). The van der Waals surface area contributed by atoms with Gasteiger partial charge < -0.3 is 15.2 Å². The Hall–Kier alpha value is -0.860. The van der Waals surface area contributed by atoms with Gasteiger partial charge in [-0.05, 0) is 18.8 Å². The summed E-state index contributed by atoms with van der Waals surface area (Å²) in [5.74, 6) is 2.65. The molecule has 0 saturated heterocycles. The molecule has 6 nitrogen and oxygen atoms in total. The fourth-order valence-corrected chi connectivity index (χ4v) is 2.75. The van der Waals surface area contributed by atoms with Crippen LogP contribution < -0.4 is 10.6 Å².